The summed E-state index contributed by atoms with van der Waals surface area (Å²) in [6.07, 6.45) is 3.83. The first kappa shape index (κ1) is 13.8. The molecule has 18 heavy (non-hydrogen) atoms. The third-order valence-electron chi connectivity index (χ3n) is 4.67. The van der Waals surface area contributed by atoms with Gasteiger partial charge in [0.15, 0.2) is 0 Å². The molecule has 1 aliphatic carbocycles. The van der Waals surface area contributed by atoms with E-state index in [4.69, 9.17) is 0 Å². The summed E-state index contributed by atoms with van der Waals surface area (Å²) in [7, 11) is 2.09. The van der Waals surface area contributed by atoms with Crippen molar-refractivity contribution < 1.29 is 4.79 Å². The molecule has 1 saturated heterocycles. The van der Waals surface area contributed by atoms with E-state index < -0.39 is 0 Å². The second-order valence-corrected chi connectivity index (χ2v) is 6.11. The van der Waals surface area contributed by atoms with E-state index in [1.165, 1.54) is 19.3 Å². The van der Waals surface area contributed by atoms with E-state index in [-0.39, 0.29) is 11.9 Å². The van der Waals surface area contributed by atoms with Gasteiger partial charge in [-0.3, -0.25) is 4.79 Å². The number of likely N-dealkylation sites (N-methyl/N-ethyl adjacent to an activating group) is 1. The predicted octanol–water partition coefficient (Wildman–Crippen LogP) is 0.831. The number of nitrogens with zero attached hydrogens (tertiary/aromatic N) is 1. The number of nitrogens with one attached hydrogen (secondary N) is 2. The van der Waals surface area contributed by atoms with E-state index in [1.807, 2.05) is 0 Å². The van der Waals surface area contributed by atoms with Gasteiger partial charge < -0.3 is 15.5 Å². The Morgan fingerprint density at radius 2 is 2.22 bits per heavy atom. The first-order chi connectivity index (χ1) is 8.59. The first-order valence-electron chi connectivity index (χ1n) is 7.31. The Hall–Kier alpha value is -0.610. The molecule has 104 valence electrons. The summed E-state index contributed by atoms with van der Waals surface area (Å²) in [5.74, 6) is 1.55. The van der Waals surface area contributed by atoms with Crippen molar-refractivity contribution >= 4 is 5.91 Å². The first-order valence-corrected chi connectivity index (χ1v) is 7.31. The van der Waals surface area contributed by atoms with Gasteiger partial charge in [-0.25, -0.2) is 0 Å². The van der Waals surface area contributed by atoms with Crippen LogP contribution in [0.4, 0.5) is 0 Å². The van der Waals surface area contributed by atoms with E-state index in [0.29, 0.717) is 12.0 Å². The molecule has 4 heteroatoms. The summed E-state index contributed by atoms with van der Waals surface area (Å²) in [5.41, 5.74) is 0. The number of hydrogen-bond acceptors (Lipinski definition) is 3. The summed E-state index contributed by atoms with van der Waals surface area (Å²) < 4.78 is 0. The van der Waals surface area contributed by atoms with Gasteiger partial charge in [-0.1, -0.05) is 6.42 Å². The van der Waals surface area contributed by atoms with Crippen molar-refractivity contribution in [3.8, 4) is 0 Å². The van der Waals surface area contributed by atoms with Crippen molar-refractivity contribution in [2.45, 2.75) is 45.2 Å². The molecule has 1 amide bonds. The lowest BCUT2D eigenvalue weighted by Crippen LogP contribution is -2.46. The molecule has 0 aromatic rings. The summed E-state index contributed by atoms with van der Waals surface area (Å²) in [5, 5.41) is 6.47. The van der Waals surface area contributed by atoms with Gasteiger partial charge in [0.1, 0.15) is 0 Å². The van der Waals surface area contributed by atoms with Crippen LogP contribution in [0.5, 0.6) is 0 Å². The Kier molecular flexibility index (Phi) is 4.62. The Balaban J connectivity index is 1.72. The van der Waals surface area contributed by atoms with Crippen LogP contribution in [0, 0.1) is 11.8 Å². The van der Waals surface area contributed by atoms with Crippen molar-refractivity contribution in [3.63, 3.8) is 0 Å². The lowest BCUT2D eigenvalue weighted by molar-refractivity contribution is -0.123. The quantitative estimate of drug-likeness (QED) is 0.763. The maximum Gasteiger partial charge on any atom is 0.237 e. The monoisotopic (exact) mass is 253 g/mol. The van der Waals surface area contributed by atoms with Crippen LogP contribution < -0.4 is 10.6 Å². The Bertz CT molecular complexity index is 293. The highest BCUT2D eigenvalue weighted by Gasteiger charge is 2.42. The Labute approximate surface area is 110 Å². The molecule has 1 heterocycles. The summed E-state index contributed by atoms with van der Waals surface area (Å²) in [4.78, 5) is 14.4. The van der Waals surface area contributed by atoms with Gasteiger partial charge in [-0.2, -0.15) is 0 Å². The second kappa shape index (κ2) is 6.02. The summed E-state index contributed by atoms with van der Waals surface area (Å²) in [6, 6.07) is 0.604. The molecule has 0 aromatic heterocycles. The van der Waals surface area contributed by atoms with Crippen LogP contribution in [0.25, 0.3) is 0 Å². The van der Waals surface area contributed by atoms with E-state index in [1.54, 1.807) is 0 Å². The summed E-state index contributed by atoms with van der Waals surface area (Å²) in [6.45, 7) is 7.05. The van der Waals surface area contributed by atoms with E-state index in [0.717, 1.165) is 25.6 Å². The largest absolute Gasteiger partial charge is 0.353 e. The fourth-order valence-electron chi connectivity index (χ4n) is 3.20. The minimum atomic E-state index is 0.0712. The number of carbonyl (C=O) groups excluding carboxylic acids is 1. The minimum Gasteiger partial charge on any atom is -0.353 e. The van der Waals surface area contributed by atoms with Crippen LogP contribution in [-0.4, -0.2) is 49.6 Å². The highest BCUT2D eigenvalue weighted by Crippen LogP contribution is 2.37. The zero-order valence-electron chi connectivity index (χ0n) is 11.9. The smallest absolute Gasteiger partial charge is 0.237 e. The van der Waals surface area contributed by atoms with Crippen LogP contribution >= 0.6 is 0 Å². The molecule has 0 bridgehead atoms. The van der Waals surface area contributed by atoms with Crippen molar-refractivity contribution in [3.05, 3.63) is 0 Å². The standard InChI is InChI=1S/C14H27N3O/c1-10(2)17(3)8-7-15-14(18)13-12-6-4-5-11(12)9-16-13/h10-13,16H,4-9H2,1-3H3,(H,15,18). The maximum absolute atomic E-state index is 12.1. The summed E-state index contributed by atoms with van der Waals surface area (Å²) >= 11 is 0. The predicted molar refractivity (Wildman–Crippen MR) is 73.4 cm³/mol. The molecular weight excluding hydrogens is 226 g/mol. The Morgan fingerprint density at radius 3 is 2.94 bits per heavy atom. The minimum absolute atomic E-state index is 0.0712. The molecule has 2 aliphatic rings. The molecule has 2 rings (SSSR count). The van der Waals surface area contributed by atoms with E-state index in [9.17, 15) is 4.79 Å². The molecule has 4 nitrogen and oxygen atoms in total. The average molecular weight is 253 g/mol. The lowest BCUT2D eigenvalue weighted by atomic mass is 9.94. The number of fused-ring (bicyclic) bond motifs is 1. The average Bonchev–Trinajstić information content (AvgIpc) is 2.89. The zero-order valence-corrected chi connectivity index (χ0v) is 11.9. The van der Waals surface area contributed by atoms with Gasteiger partial charge in [0.25, 0.3) is 0 Å². The van der Waals surface area contributed by atoms with E-state index >= 15 is 0 Å². The molecule has 1 aliphatic heterocycles. The topological polar surface area (TPSA) is 44.4 Å². The molecule has 0 radical (unpaired) electrons. The Morgan fingerprint density at radius 1 is 1.44 bits per heavy atom. The fraction of sp³-hybridized carbons (Fsp3) is 0.929. The van der Waals surface area contributed by atoms with Gasteiger partial charge in [-0.05, 0) is 52.1 Å². The van der Waals surface area contributed by atoms with Gasteiger partial charge in [0.05, 0.1) is 6.04 Å². The van der Waals surface area contributed by atoms with E-state index in [2.05, 4.69) is 36.4 Å². The van der Waals surface area contributed by atoms with Gasteiger partial charge in [0.2, 0.25) is 5.91 Å². The highest BCUT2D eigenvalue weighted by atomic mass is 16.2. The number of amides is 1. The van der Waals surface area contributed by atoms with Crippen LogP contribution in [-0.2, 0) is 4.79 Å². The third kappa shape index (κ3) is 3.04. The molecule has 0 spiro atoms. The van der Waals surface area contributed by atoms with Crippen LogP contribution in [0.15, 0.2) is 0 Å². The van der Waals surface area contributed by atoms with Crippen molar-refractivity contribution in [1.82, 2.24) is 15.5 Å². The molecular formula is C14H27N3O. The van der Waals surface area contributed by atoms with Crippen LogP contribution in [0.2, 0.25) is 0 Å². The van der Waals surface area contributed by atoms with Crippen molar-refractivity contribution in [2.24, 2.45) is 11.8 Å². The molecule has 3 atom stereocenters. The fourth-order valence-corrected chi connectivity index (χ4v) is 3.20. The van der Waals surface area contributed by atoms with Crippen LogP contribution in [0.3, 0.4) is 0 Å². The number of rotatable bonds is 5. The number of carbonyl (C=O) groups is 1. The molecule has 1 saturated carbocycles. The van der Waals surface area contributed by atoms with Crippen molar-refractivity contribution in [2.75, 3.05) is 26.7 Å². The molecule has 2 fully saturated rings. The second-order valence-electron chi connectivity index (χ2n) is 6.11. The molecule has 3 unspecified atom stereocenters. The number of hydrogen-bond donors (Lipinski definition) is 2. The molecule has 2 N–H and O–H groups in total. The van der Waals surface area contributed by atoms with Crippen molar-refractivity contribution in [1.29, 1.82) is 0 Å². The van der Waals surface area contributed by atoms with Gasteiger partial charge in [0, 0.05) is 19.1 Å². The SMILES string of the molecule is CC(C)N(C)CCNC(=O)C1NCC2CCCC21. The maximum atomic E-state index is 12.1. The van der Waals surface area contributed by atoms with Gasteiger partial charge >= 0.3 is 0 Å². The zero-order chi connectivity index (χ0) is 13.1. The highest BCUT2D eigenvalue weighted by molar-refractivity contribution is 5.82. The molecule has 0 aromatic carbocycles. The van der Waals surface area contributed by atoms with Gasteiger partial charge in [-0.15, -0.1) is 0 Å². The normalized spacial score (nSPS) is 31.1. The lowest BCUT2D eigenvalue weighted by Gasteiger charge is -2.22. The third-order valence-corrected chi connectivity index (χ3v) is 4.67. The van der Waals surface area contributed by atoms with Crippen LogP contribution in [0.1, 0.15) is 33.1 Å².